The Kier molecular flexibility index (Phi) is 10.5. The number of aliphatic imine (C=N–C) groups is 1. The molecule has 0 saturated carbocycles. The van der Waals surface area contributed by atoms with Crippen molar-refractivity contribution in [3.63, 3.8) is 0 Å². The van der Waals surface area contributed by atoms with Crippen molar-refractivity contribution in [3.05, 3.63) is 70.8 Å². The lowest BCUT2D eigenvalue weighted by Gasteiger charge is -2.16. The minimum Gasteiger partial charge on any atom is -0.304 e. The van der Waals surface area contributed by atoms with Gasteiger partial charge in [0.2, 0.25) is 0 Å². The number of carbonyl (C=O) groups is 4. The van der Waals surface area contributed by atoms with E-state index in [2.05, 4.69) is 24.6 Å². The van der Waals surface area contributed by atoms with Crippen molar-refractivity contribution >= 4 is 30.3 Å². The van der Waals surface area contributed by atoms with E-state index in [1.54, 1.807) is 31.3 Å². The smallest absolute Gasteiger partial charge is 0.304 e. The van der Waals surface area contributed by atoms with Crippen LogP contribution in [0.1, 0.15) is 69.1 Å². The highest BCUT2D eigenvalue weighted by Gasteiger charge is 2.69. The van der Waals surface area contributed by atoms with Gasteiger partial charge in [-0.2, -0.15) is 0 Å². The molecule has 2 aliphatic heterocycles. The van der Waals surface area contributed by atoms with Gasteiger partial charge < -0.3 is 4.99 Å². The van der Waals surface area contributed by atoms with E-state index in [0.717, 1.165) is 0 Å². The maximum absolute atomic E-state index is 12.6. The molecule has 0 atom stereocenters. The fraction of sp³-hybridized carbons (Fsp3) is 0.208. The maximum Gasteiger partial charge on any atom is 0.370 e. The Bertz CT molecular complexity index is 827. The van der Waals surface area contributed by atoms with Crippen LogP contribution in [0.25, 0.3) is 0 Å². The van der Waals surface area contributed by atoms with Crippen LogP contribution >= 0.6 is 0 Å². The first kappa shape index (κ1) is 26.3. The number of terminal acetylenes is 1. The van der Waals surface area contributed by atoms with Crippen molar-refractivity contribution in [1.29, 1.82) is 0 Å². The van der Waals surface area contributed by atoms with Gasteiger partial charge in [0, 0.05) is 7.05 Å². The highest BCUT2D eigenvalue weighted by molar-refractivity contribution is 6.33. The van der Waals surface area contributed by atoms with Crippen LogP contribution in [0.3, 0.4) is 0 Å². The van der Waals surface area contributed by atoms with Gasteiger partial charge >= 0.3 is 23.6 Å². The lowest BCUT2D eigenvalue weighted by molar-refractivity contribution is -0.580. The first-order valence-corrected chi connectivity index (χ1v) is 9.46. The molecule has 0 fully saturated rings. The summed E-state index contributed by atoms with van der Waals surface area (Å²) in [6.07, 6.45) is 8.00. The number of hydrogen-bond acceptors (Lipinski definition) is 5. The Morgan fingerprint density at radius 2 is 0.800 bits per heavy atom. The second kappa shape index (κ2) is 12.0. The number of benzene rings is 2. The summed E-state index contributed by atoms with van der Waals surface area (Å²) in [5.74, 6) is -3.05. The van der Waals surface area contributed by atoms with Gasteiger partial charge in [0.1, 0.15) is 0 Å². The molecular formula is C24H27N2O4+. The lowest BCUT2D eigenvalue weighted by atomic mass is 10.1. The fourth-order valence-corrected chi connectivity index (χ4v) is 2.99. The van der Waals surface area contributed by atoms with Gasteiger partial charge in [-0.05, 0) is 31.0 Å². The Morgan fingerprint density at radius 3 is 0.967 bits per heavy atom. The van der Waals surface area contributed by atoms with E-state index in [4.69, 9.17) is 0 Å². The summed E-state index contributed by atoms with van der Waals surface area (Å²) < 4.78 is -1.39. The molecule has 0 N–H and O–H groups in total. The van der Waals surface area contributed by atoms with Gasteiger partial charge in [0.15, 0.2) is 0 Å². The number of imide groups is 6. The summed E-state index contributed by atoms with van der Waals surface area (Å²) in [6.45, 7) is 11.1. The normalized spacial score (nSPS) is 13.7. The molecule has 6 heteroatoms. The highest BCUT2D eigenvalue weighted by Crippen LogP contribution is 2.39. The number of quaternary nitrogens is 1. The van der Waals surface area contributed by atoms with Crippen LogP contribution in [0, 0.1) is 12.8 Å². The second-order valence-corrected chi connectivity index (χ2v) is 5.30. The molecule has 0 aliphatic carbocycles. The number of carbonyl (C=O) groups excluding carboxylic acids is 4. The van der Waals surface area contributed by atoms with Gasteiger partial charge in [-0.15, -0.1) is 12.8 Å². The van der Waals surface area contributed by atoms with Gasteiger partial charge in [-0.1, -0.05) is 56.4 Å². The summed E-state index contributed by atoms with van der Waals surface area (Å²) in [4.78, 5) is 53.8. The van der Waals surface area contributed by atoms with Gasteiger partial charge in [-0.25, -0.2) is 19.2 Å². The zero-order valence-electron chi connectivity index (χ0n) is 18.0. The van der Waals surface area contributed by atoms with E-state index in [9.17, 15) is 19.2 Å². The van der Waals surface area contributed by atoms with Crippen LogP contribution in [-0.4, -0.2) is 41.9 Å². The molecule has 4 rings (SSSR count). The average Bonchev–Trinajstić information content (AvgIpc) is 3.18. The Morgan fingerprint density at radius 1 is 0.633 bits per heavy atom. The topological polar surface area (TPSA) is 80.6 Å². The predicted molar refractivity (Wildman–Crippen MR) is 119 cm³/mol. The van der Waals surface area contributed by atoms with Crippen LogP contribution in [0.2, 0.25) is 0 Å². The first-order chi connectivity index (χ1) is 14.5. The molecule has 0 radical (unpaired) electrons. The van der Waals surface area contributed by atoms with Gasteiger partial charge in [0.25, 0.3) is 0 Å². The van der Waals surface area contributed by atoms with E-state index in [1.165, 1.54) is 24.3 Å². The SMILES string of the molecule is C#C.C=NC.CC.CC.O=C1c2ccccc2C(=O)[N+]12C(=O)c1ccccc1C2=O. The molecule has 2 aliphatic rings. The molecule has 2 heterocycles. The summed E-state index contributed by atoms with van der Waals surface area (Å²) >= 11 is 0. The van der Waals surface area contributed by atoms with Crippen molar-refractivity contribution in [2.24, 2.45) is 4.99 Å². The summed E-state index contributed by atoms with van der Waals surface area (Å²) in [7, 11) is 1.64. The molecule has 0 saturated heterocycles. The fourth-order valence-electron chi connectivity index (χ4n) is 2.99. The third-order valence-corrected chi connectivity index (χ3v) is 3.99. The van der Waals surface area contributed by atoms with Gasteiger partial charge in [-0.3, -0.25) is 0 Å². The highest BCUT2D eigenvalue weighted by atomic mass is 16.2. The van der Waals surface area contributed by atoms with Crippen molar-refractivity contribution in [2.75, 3.05) is 7.05 Å². The van der Waals surface area contributed by atoms with Crippen molar-refractivity contribution in [1.82, 2.24) is 0 Å². The number of amides is 4. The maximum atomic E-state index is 12.6. The Hall–Kier alpha value is -3.69. The minimum atomic E-state index is -1.39. The van der Waals surface area contributed by atoms with E-state index < -0.39 is 28.1 Å². The molecule has 2 aromatic rings. The van der Waals surface area contributed by atoms with Crippen molar-refractivity contribution in [2.45, 2.75) is 27.7 Å². The number of hydrogen-bond donors (Lipinski definition) is 0. The summed E-state index contributed by atoms with van der Waals surface area (Å²) in [5, 5.41) is 0. The number of fused-ring (bicyclic) bond motifs is 2. The molecule has 2 aromatic carbocycles. The first-order valence-electron chi connectivity index (χ1n) is 9.46. The molecule has 0 bridgehead atoms. The molecular weight excluding hydrogens is 380 g/mol. The number of nitrogens with zero attached hydrogens (tertiary/aromatic N) is 2. The molecule has 6 nitrogen and oxygen atoms in total. The summed E-state index contributed by atoms with van der Waals surface area (Å²) in [5.41, 5.74) is 0.489. The van der Waals surface area contributed by atoms with E-state index in [0.29, 0.717) is 0 Å². The standard InChI is InChI=1S/C16H8NO4.C2H5N.2C2H6.C2H2/c18-13-9-5-1-2-6-10(9)14(19)17(13)15(20)11-7-3-4-8-12(11)16(17)21;1-3-2;3*1-2/h1-8H;1H2,2H3;2*1-2H3;1-2H/q+1;;;;. The third kappa shape index (κ3) is 3.88. The zero-order chi connectivity index (χ0) is 23.5. The zero-order valence-corrected chi connectivity index (χ0v) is 18.0. The quantitative estimate of drug-likeness (QED) is 0.280. The average molecular weight is 407 g/mol. The van der Waals surface area contributed by atoms with Crippen LogP contribution < -0.4 is 0 Å². The van der Waals surface area contributed by atoms with Crippen LogP contribution in [0.5, 0.6) is 0 Å². The third-order valence-electron chi connectivity index (χ3n) is 3.99. The minimum absolute atomic E-state index is 0.122. The van der Waals surface area contributed by atoms with Crippen LogP contribution in [0.4, 0.5) is 0 Å². The van der Waals surface area contributed by atoms with Crippen molar-refractivity contribution < 1.29 is 23.7 Å². The Balaban J connectivity index is 0.000000826. The van der Waals surface area contributed by atoms with E-state index in [-0.39, 0.29) is 22.3 Å². The van der Waals surface area contributed by atoms with Crippen molar-refractivity contribution in [3.8, 4) is 12.8 Å². The second-order valence-electron chi connectivity index (χ2n) is 5.30. The Labute approximate surface area is 177 Å². The van der Waals surface area contributed by atoms with Crippen LogP contribution in [0.15, 0.2) is 53.5 Å². The molecule has 4 amide bonds. The monoisotopic (exact) mass is 407 g/mol. The van der Waals surface area contributed by atoms with Gasteiger partial charge in [0.05, 0.1) is 22.3 Å². The summed E-state index contributed by atoms with van der Waals surface area (Å²) in [6, 6.07) is 12.3. The van der Waals surface area contributed by atoms with E-state index >= 15 is 0 Å². The molecule has 156 valence electrons. The predicted octanol–water partition coefficient (Wildman–Crippen LogP) is 4.41. The number of rotatable bonds is 0. The molecule has 0 unspecified atom stereocenters. The largest absolute Gasteiger partial charge is 0.370 e. The molecule has 30 heavy (non-hydrogen) atoms. The molecule has 0 aromatic heterocycles. The lowest BCUT2D eigenvalue weighted by Crippen LogP contribution is -2.57. The molecule has 1 spiro atoms. The van der Waals surface area contributed by atoms with E-state index in [1.807, 2.05) is 27.7 Å². The van der Waals surface area contributed by atoms with Crippen LogP contribution in [-0.2, 0) is 0 Å².